The molecule has 0 heterocycles. The van der Waals surface area contributed by atoms with Crippen LogP contribution in [0.4, 0.5) is 0 Å². The van der Waals surface area contributed by atoms with E-state index in [1.807, 2.05) is 0 Å². The minimum atomic E-state index is -0.134. The van der Waals surface area contributed by atoms with Crippen LogP contribution in [0.25, 0.3) is 0 Å². The summed E-state index contributed by atoms with van der Waals surface area (Å²) in [7, 11) is 3.28. The molecule has 0 aromatic heterocycles. The molecule has 134 valence electrons. The van der Waals surface area contributed by atoms with Gasteiger partial charge in [0.25, 0.3) is 0 Å². The lowest BCUT2D eigenvalue weighted by atomic mass is 10.3. The molecule has 0 spiro atoms. The Kier molecular flexibility index (Phi) is 15.2. The fraction of sp³-hybridized carbons (Fsp3) is 0.769. The Morgan fingerprint density at radius 3 is 1.48 bits per heavy atom. The van der Waals surface area contributed by atoms with Gasteiger partial charge in [-0.15, -0.1) is 0 Å². The summed E-state index contributed by atoms with van der Waals surface area (Å²) in [5.74, 6) is 1.35. The Labute approximate surface area is 145 Å². The first-order valence-electron chi connectivity index (χ1n) is 7.54. The van der Waals surface area contributed by atoms with Crippen molar-refractivity contribution in [1.82, 2.24) is 16.0 Å². The largest absolute Gasteiger partial charge is 0.356 e. The first-order chi connectivity index (χ1) is 11.1. The summed E-state index contributed by atoms with van der Waals surface area (Å²) in [4.78, 5) is 33.8. The fourth-order valence-electron chi connectivity index (χ4n) is 1.42. The van der Waals surface area contributed by atoms with Crippen LogP contribution in [0.1, 0.15) is 19.3 Å². The van der Waals surface area contributed by atoms with Crippen molar-refractivity contribution in [3.8, 4) is 0 Å². The van der Waals surface area contributed by atoms with Crippen LogP contribution >= 0.6 is 21.6 Å². The molecule has 0 aliphatic heterocycles. The van der Waals surface area contributed by atoms with E-state index in [-0.39, 0.29) is 30.6 Å². The highest BCUT2D eigenvalue weighted by Crippen LogP contribution is 2.19. The lowest BCUT2D eigenvalue weighted by Gasteiger charge is -2.06. The van der Waals surface area contributed by atoms with Crippen molar-refractivity contribution < 1.29 is 14.4 Å². The minimum absolute atomic E-state index is 0.0242. The maximum absolute atomic E-state index is 11.5. The van der Waals surface area contributed by atoms with Gasteiger partial charge in [-0.3, -0.25) is 14.4 Å². The van der Waals surface area contributed by atoms with Gasteiger partial charge in [-0.2, -0.15) is 0 Å². The molecule has 10 heteroatoms. The summed E-state index contributed by atoms with van der Waals surface area (Å²) in [5, 5.41) is 8.18. The van der Waals surface area contributed by atoms with Crippen molar-refractivity contribution >= 4 is 39.3 Å². The summed E-state index contributed by atoms with van der Waals surface area (Å²) < 4.78 is 0. The normalized spacial score (nSPS) is 10.2. The number of hydrogen-bond donors (Lipinski definition) is 5. The van der Waals surface area contributed by atoms with E-state index in [1.165, 1.54) is 0 Å². The van der Waals surface area contributed by atoms with Crippen LogP contribution in [-0.2, 0) is 14.4 Å². The number of nitrogens with two attached hydrogens (primary N) is 2. The number of rotatable bonds is 14. The van der Waals surface area contributed by atoms with Crippen LogP contribution in [0.15, 0.2) is 0 Å². The molecule has 0 saturated heterocycles. The predicted molar refractivity (Wildman–Crippen MR) is 95.9 cm³/mol. The van der Waals surface area contributed by atoms with Gasteiger partial charge in [0.2, 0.25) is 17.7 Å². The van der Waals surface area contributed by atoms with Gasteiger partial charge in [-0.05, 0) is 0 Å². The fourth-order valence-corrected chi connectivity index (χ4v) is 3.24. The molecule has 3 amide bonds. The van der Waals surface area contributed by atoms with Crippen molar-refractivity contribution in [2.75, 3.05) is 44.2 Å². The predicted octanol–water partition coefficient (Wildman–Crippen LogP) is -1.20. The summed E-state index contributed by atoms with van der Waals surface area (Å²) in [6, 6.07) is 0. The van der Waals surface area contributed by atoms with E-state index in [1.54, 1.807) is 21.6 Å². The summed E-state index contributed by atoms with van der Waals surface area (Å²) in [6.45, 7) is 2.20. The molecule has 0 aliphatic rings. The Balaban J connectivity index is 3.32. The number of carbonyl (C=O) groups is 3. The van der Waals surface area contributed by atoms with Gasteiger partial charge in [0, 0.05) is 63.5 Å². The summed E-state index contributed by atoms with van der Waals surface area (Å²) >= 11 is 0. The van der Waals surface area contributed by atoms with E-state index < -0.39 is 0 Å². The van der Waals surface area contributed by atoms with Gasteiger partial charge < -0.3 is 27.4 Å². The van der Waals surface area contributed by atoms with Crippen LogP contribution in [0.3, 0.4) is 0 Å². The highest BCUT2D eigenvalue weighted by molar-refractivity contribution is 8.76. The highest BCUT2D eigenvalue weighted by atomic mass is 33.1. The zero-order valence-corrected chi connectivity index (χ0v) is 14.9. The minimum Gasteiger partial charge on any atom is -0.356 e. The average molecular weight is 366 g/mol. The Hall–Kier alpha value is -0.970. The van der Waals surface area contributed by atoms with E-state index in [4.69, 9.17) is 11.5 Å². The highest BCUT2D eigenvalue weighted by Gasteiger charge is 2.03. The summed E-state index contributed by atoms with van der Waals surface area (Å²) in [6.07, 6.45) is 0.903. The quantitative estimate of drug-likeness (QED) is 0.192. The molecule has 0 aromatic carbocycles. The van der Waals surface area contributed by atoms with Crippen LogP contribution in [0, 0.1) is 0 Å². The Bertz CT molecular complexity index is 359. The van der Waals surface area contributed by atoms with Crippen LogP contribution in [0.5, 0.6) is 0 Å². The van der Waals surface area contributed by atoms with Crippen LogP contribution in [-0.4, -0.2) is 62.0 Å². The standard InChI is InChI=1S/C13H27N5O3S2/c14-4-1-11(19)16-6-3-13(21)18-8-10-23-22-9-7-17-12(20)2-5-15/h1-10,14-15H2,(H,16,19)(H,17,20)(H,18,21). The zero-order valence-electron chi connectivity index (χ0n) is 13.3. The molecule has 0 saturated carbocycles. The van der Waals surface area contributed by atoms with Gasteiger partial charge in [0.15, 0.2) is 0 Å². The smallest absolute Gasteiger partial charge is 0.221 e. The zero-order chi connectivity index (χ0) is 17.3. The lowest BCUT2D eigenvalue weighted by molar-refractivity contribution is -0.122. The van der Waals surface area contributed by atoms with Gasteiger partial charge in [0.05, 0.1) is 0 Å². The van der Waals surface area contributed by atoms with E-state index >= 15 is 0 Å². The molecule has 0 rings (SSSR count). The van der Waals surface area contributed by atoms with Crippen molar-refractivity contribution in [1.29, 1.82) is 0 Å². The molecule has 0 unspecified atom stereocenters. The van der Waals surface area contributed by atoms with Gasteiger partial charge >= 0.3 is 0 Å². The van der Waals surface area contributed by atoms with Crippen molar-refractivity contribution in [2.45, 2.75) is 19.3 Å². The third-order valence-electron chi connectivity index (χ3n) is 2.52. The number of nitrogens with one attached hydrogen (secondary N) is 3. The molecule has 7 N–H and O–H groups in total. The molecule has 0 bridgehead atoms. The lowest BCUT2D eigenvalue weighted by Crippen LogP contribution is -2.32. The SMILES string of the molecule is NCCC(=O)NCCSSCCNC(=O)CCNC(=O)CCN. The molecule has 8 nitrogen and oxygen atoms in total. The topological polar surface area (TPSA) is 139 Å². The van der Waals surface area contributed by atoms with Crippen LogP contribution in [0.2, 0.25) is 0 Å². The van der Waals surface area contributed by atoms with Crippen molar-refractivity contribution in [3.63, 3.8) is 0 Å². The van der Waals surface area contributed by atoms with Gasteiger partial charge in [-0.25, -0.2) is 0 Å². The number of carbonyl (C=O) groups excluding carboxylic acids is 3. The molecule has 0 aliphatic carbocycles. The van der Waals surface area contributed by atoms with E-state index in [0.717, 1.165) is 11.5 Å². The molecule has 0 radical (unpaired) electrons. The van der Waals surface area contributed by atoms with Gasteiger partial charge in [-0.1, -0.05) is 21.6 Å². The average Bonchev–Trinajstić information content (AvgIpc) is 2.50. The van der Waals surface area contributed by atoms with Gasteiger partial charge in [0.1, 0.15) is 0 Å². The second kappa shape index (κ2) is 15.9. The second-order valence-electron chi connectivity index (χ2n) is 4.52. The molecule has 0 atom stereocenters. The third-order valence-corrected chi connectivity index (χ3v) is 4.92. The van der Waals surface area contributed by atoms with Crippen LogP contribution < -0.4 is 27.4 Å². The first kappa shape index (κ1) is 22.0. The second-order valence-corrected chi connectivity index (χ2v) is 7.22. The number of amides is 3. The third kappa shape index (κ3) is 15.7. The van der Waals surface area contributed by atoms with E-state index in [9.17, 15) is 14.4 Å². The van der Waals surface area contributed by atoms with Crippen molar-refractivity contribution in [3.05, 3.63) is 0 Å². The Morgan fingerprint density at radius 1 is 0.652 bits per heavy atom. The van der Waals surface area contributed by atoms with E-state index in [0.29, 0.717) is 39.1 Å². The van der Waals surface area contributed by atoms with Crippen molar-refractivity contribution in [2.24, 2.45) is 11.5 Å². The number of hydrogen-bond acceptors (Lipinski definition) is 7. The molecular formula is C13H27N5O3S2. The van der Waals surface area contributed by atoms with E-state index in [2.05, 4.69) is 16.0 Å². The molecule has 0 aromatic rings. The monoisotopic (exact) mass is 365 g/mol. The Morgan fingerprint density at radius 2 is 1.04 bits per heavy atom. The molecular weight excluding hydrogens is 338 g/mol. The first-order valence-corrected chi connectivity index (χ1v) is 10.0. The maximum Gasteiger partial charge on any atom is 0.221 e. The molecule has 0 fully saturated rings. The maximum atomic E-state index is 11.5. The molecule has 23 heavy (non-hydrogen) atoms. The summed E-state index contributed by atoms with van der Waals surface area (Å²) in [5.41, 5.74) is 10.5.